The van der Waals surface area contributed by atoms with E-state index in [-0.39, 0.29) is 5.25 Å². The predicted molar refractivity (Wildman–Crippen MR) is 61.8 cm³/mol. The van der Waals surface area contributed by atoms with Crippen molar-refractivity contribution in [3.8, 4) is 0 Å². The maximum atomic E-state index is 11.0. The Kier molecular flexibility index (Phi) is 7.21. The molecule has 0 aromatic heterocycles. The zero-order valence-corrected chi connectivity index (χ0v) is 10.0. The summed E-state index contributed by atoms with van der Waals surface area (Å²) in [5, 5.41) is 8.06. The van der Waals surface area contributed by atoms with Crippen LogP contribution in [0.5, 0.6) is 0 Å². The Hall–Kier alpha value is -0.710. The molecule has 3 N–H and O–H groups in total. The van der Waals surface area contributed by atoms with Gasteiger partial charge in [-0.05, 0) is 12.8 Å². The lowest BCUT2D eigenvalue weighted by molar-refractivity contribution is -0.136. The first kappa shape index (κ1) is 14.3. The lowest BCUT2D eigenvalue weighted by atomic mass is 10.2. The van der Waals surface area contributed by atoms with Gasteiger partial charge >= 0.3 is 5.97 Å². The van der Waals surface area contributed by atoms with E-state index in [1.807, 2.05) is 13.8 Å². The van der Waals surface area contributed by atoms with Crippen LogP contribution in [0.2, 0.25) is 0 Å². The van der Waals surface area contributed by atoms with Crippen LogP contribution in [-0.2, 0) is 9.59 Å². The topological polar surface area (TPSA) is 80.4 Å². The molecule has 0 bridgehead atoms. The molecule has 0 heterocycles. The van der Waals surface area contributed by atoms with Crippen LogP contribution in [0.15, 0.2) is 0 Å². The first-order valence-electron chi connectivity index (χ1n) is 5.20. The highest BCUT2D eigenvalue weighted by molar-refractivity contribution is 8.01. The SMILES string of the molecule is CCCC[C@@H](S[C@@H](CC)C(N)=O)C(=O)O. The highest BCUT2D eigenvalue weighted by Gasteiger charge is 2.24. The normalized spacial score (nSPS) is 14.5. The van der Waals surface area contributed by atoms with Gasteiger partial charge in [0.2, 0.25) is 5.91 Å². The summed E-state index contributed by atoms with van der Waals surface area (Å²) in [6.45, 7) is 3.84. The number of amides is 1. The van der Waals surface area contributed by atoms with E-state index in [0.29, 0.717) is 12.8 Å². The molecule has 0 aromatic carbocycles. The molecule has 0 aromatic rings. The number of carboxylic acid groups (broad SMARTS) is 1. The molecule has 2 atom stereocenters. The van der Waals surface area contributed by atoms with Gasteiger partial charge in [0, 0.05) is 0 Å². The Labute approximate surface area is 94.6 Å². The number of thioether (sulfide) groups is 1. The predicted octanol–water partition coefficient (Wildman–Crippen LogP) is 1.63. The fraction of sp³-hybridized carbons (Fsp3) is 0.800. The second kappa shape index (κ2) is 7.56. The Bertz CT molecular complexity index is 221. The molecule has 0 unspecified atom stereocenters. The van der Waals surface area contributed by atoms with E-state index >= 15 is 0 Å². The quantitative estimate of drug-likeness (QED) is 0.667. The number of carbonyl (C=O) groups excluding carboxylic acids is 1. The van der Waals surface area contributed by atoms with Crippen LogP contribution in [0.3, 0.4) is 0 Å². The molecule has 0 aliphatic carbocycles. The summed E-state index contributed by atoms with van der Waals surface area (Å²) < 4.78 is 0. The number of nitrogens with two attached hydrogens (primary N) is 1. The van der Waals surface area contributed by atoms with Crippen LogP contribution in [0.25, 0.3) is 0 Å². The smallest absolute Gasteiger partial charge is 0.316 e. The molecule has 0 spiro atoms. The van der Waals surface area contributed by atoms with Crippen LogP contribution in [0.4, 0.5) is 0 Å². The van der Waals surface area contributed by atoms with Crippen LogP contribution >= 0.6 is 11.8 Å². The Balaban J connectivity index is 4.25. The van der Waals surface area contributed by atoms with Crippen molar-refractivity contribution < 1.29 is 14.7 Å². The third-order valence-corrected chi connectivity index (χ3v) is 3.77. The molecule has 4 nitrogen and oxygen atoms in total. The summed E-state index contributed by atoms with van der Waals surface area (Å²) in [5.41, 5.74) is 5.17. The Morgan fingerprint density at radius 2 is 1.93 bits per heavy atom. The molecular formula is C10H19NO3S. The van der Waals surface area contributed by atoms with Crippen molar-refractivity contribution in [3.63, 3.8) is 0 Å². The number of primary amides is 1. The molecule has 0 saturated carbocycles. The number of carbonyl (C=O) groups is 2. The van der Waals surface area contributed by atoms with Gasteiger partial charge in [-0.25, -0.2) is 0 Å². The van der Waals surface area contributed by atoms with Crippen LogP contribution < -0.4 is 5.73 Å². The molecule has 0 rings (SSSR count). The highest BCUT2D eigenvalue weighted by atomic mass is 32.2. The van der Waals surface area contributed by atoms with Gasteiger partial charge in [0.1, 0.15) is 5.25 Å². The van der Waals surface area contributed by atoms with Gasteiger partial charge in [-0.3, -0.25) is 9.59 Å². The van der Waals surface area contributed by atoms with Crippen molar-refractivity contribution in [1.29, 1.82) is 0 Å². The van der Waals surface area contributed by atoms with E-state index in [1.54, 1.807) is 0 Å². The van der Waals surface area contributed by atoms with Gasteiger partial charge in [0.25, 0.3) is 0 Å². The lowest BCUT2D eigenvalue weighted by Crippen LogP contribution is -2.29. The van der Waals surface area contributed by atoms with Crippen LogP contribution in [-0.4, -0.2) is 27.5 Å². The summed E-state index contributed by atoms with van der Waals surface area (Å²) in [6.07, 6.45) is 2.99. The summed E-state index contributed by atoms with van der Waals surface area (Å²) in [7, 11) is 0. The fourth-order valence-corrected chi connectivity index (χ4v) is 2.34. The molecule has 5 heteroatoms. The first-order valence-corrected chi connectivity index (χ1v) is 6.14. The van der Waals surface area contributed by atoms with Gasteiger partial charge in [-0.15, -0.1) is 11.8 Å². The van der Waals surface area contributed by atoms with E-state index in [1.165, 1.54) is 11.8 Å². The molecule has 88 valence electrons. The lowest BCUT2D eigenvalue weighted by Gasteiger charge is -2.16. The third kappa shape index (κ3) is 5.67. The number of aliphatic carboxylic acids is 1. The molecule has 0 aliphatic heterocycles. The maximum Gasteiger partial charge on any atom is 0.316 e. The van der Waals surface area contributed by atoms with E-state index < -0.39 is 17.1 Å². The minimum atomic E-state index is -0.854. The summed E-state index contributed by atoms with van der Waals surface area (Å²) >= 11 is 1.17. The molecule has 1 amide bonds. The van der Waals surface area contributed by atoms with Crippen LogP contribution in [0.1, 0.15) is 39.5 Å². The molecule has 0 radical (unpaired) electrons. The van der Waals surface area contributed by atoms with Crippen molar-refractivity contribution in [2.24, 2.45) is 5.73 Å². The van der Waals surface area contributed by atoms with Gasteiger partial charge in [-0.1, -0.05) is 26.7 Å². The number of unbranched alkanes of at least 4 members (excludes halogenated alkanes) is 1. The minimum absolute atomic E-state index is 0.386. The van der Waals surface area contributed by atoms with Gasteiger partial charge in [0.05, 0.1) is 5.25 Å². The average Bonchev–Trinajstić information content (AvgIpc) is 2.17. The molecule has 0 aliphatic rings. The summed E-state index contributed by atoms with van der Waals surface area (Å²) in [4.78, 5) is 21.9. The Morgan fingerprint density at radius 3 is 2.27 bits per heavy atom. The van der Waals surface area contributed by atoms with Crippen molar-refractivity contribution in [2.75, 3.05) is 0 Å². The minimum Gasteiger partial charge on any atom is -0.480 e. The molecular weight excluding hydrogens is 214 g/mol. The van der Waals surface area contributed by atoms with Crippen LogP contribution in [0, 0.1) is 0 Å². The second-order valence-corrected chi connectivity index (χ2v) is 4.81. The van der Waals surface area contributed by atoms with E-state index in [2.05, 4.69) is 0 Å². The number of hydrogen-bond donors (Lipinski definition) is 2. The second-order valence-electron chi connectivity index (χ2n) is 3.40. The fourth-order valence-electron chi connectivity index (χ4n) is 1.20. The number of carboxylic acids is 1. The van der Waals surface area contributed by atoms with Gasteiger partial charge in [0.15, 0.2) is 0 Å². The van der Waals surface area contributed by atoms with Crippen molar-refractivity contribution in [1.82, 2.24) is 0 Å². The van der Waals surface area contributed by atoms with Crippen molar-refractivity contribution >= 4 is 23.6 Å². The first-order chi connectivity index (χ1) is 7.02. The van der Waals surface area contributed by atoms with E-state index in [9.17, 15) is 9.59 Å². The van der Waals surface area contributed by atoms with E-state index in [0.717, 1.165) is 12.8 Å². The highest BCUT2D eigenvalue weighted by Crippen LogP contribution is 2.24. The average molecular weight is 233 g/mol. The van der Waals surface area contributed by atoms with Gasteiger partial charge < -0.3 is 10.8 Å². The van der Waals surface area contributed by atoms with Crippen molar-refractivity contribution in [3.05, 3.63) is 0 Å². The van der Waals surface area contributed by atoms with E-state index in [4.69, 9.17) is 10.8 Å². The Morgan fingerprint density at radius 1 is 1.33 bits per heavy atom. The maximum absolute atomic E-state index is 11.0. The molecule has 15 heavy (non-hydrogen) atoms. The monoisotopic (exact) mass is 233 g/mol. The zero-order chi connectivity index (χ0) is 11.8. The number of rotatable bonds is 8. The molecule has 0 fully saturated rings. The summed E-state index contributed by atoms with van der Waals surface area (Å²) in [5.74, 6) is -1.28. The van der Waals surface area contributed by atoms with Crippen molar-refractivity contribution in [2.45, 2.75) is 50.0 Å². The summed E-state index contributed by atoms with van der Waals surface area (Å²) in [6, 6.07) is 0. The standard InChI is InChI=1S/C10H19NO3S/c1-3-5-6-8(10(13)14)15-7(4-2)9(11)12/h7-8H,3-6H2,1-2H3,(H2,11,12)(H,13,14)/t7-,8+/m0/s1. The van der Waals surface area contributed by atoms with Gasteiger partial charge in [-0.2, -0.15) is 0 Å². The zero-order valence-electron chi connectivity index (χ0n) is 9.23. The number of hydrogen-bond acceptors (Lipinski definition) is 3. The third-order valence-electron chi connectivity index (χ3n) is 2.11. The molecule has 0 saturated heterocycles. The largest absolute Gasteiger partial charge is 0.480 e.